The Bertz CT molecular complexity index is 2400. The Hall–Kier alpha value is -4.71. The molecule has 0 saturated heterocycles. The molecule has 5 aromatic carbocycles. The van der Waals surface area contributed by atoms with E-state index in [-0.39, 0.29) is 34.4 Å². The molecule has 8 heteroatoms. The zero-order chi connectivity index (χ0) is 46.4. The largest absolute Gasteiger partial charge is 0.481 e. The SMILES string of the molecule is C=C1C[C@@H](O[Si](c2ccccc2)(c2ccccc2)C(C)(C)C)[C@H](CC(F)C(O[Si](c2ccccc2)(c2ccccc2)C(C)(C)C)c2cc3ccccc3s2)[C@H]1CC=CCCC(C)C(=O)O. The lowest BCUT2D eigenvalue weighted by Crippen LogP contribution is -2.68. The molecule has 0 amide bonds. The van der Waals surface area contributed by atoms with Crippen LogP contribution in [0.5, 0.6) is 0 Å². The van der Waals surface area contributed by atoms with Crippen LogP contribution in [-0.4, -0.2) is 40.0 Å². The lowest BCUT2D eigenvalue weighted by atomic mass is 9.85. The second-order valence-electron chi connectivity index (χ2n) is 20.1. The van der Waals surface area contributed by atoms with Gasteiger partial charge in [0.25, 0.3) is 16.6 Å². The molecule has 340 valence electrons. The second kappa shape index (κ2) is 20.4. The summed E-state index contributed by atoms with van der Waals surface area (Å²) >= 11 is 1.63. The number of alkyl halides is 1. The second-order valence-corrected chi connectivity index (χ2v) is 29.7. The highest BCUT2D eigenvalue weighted by atomic mass is 32.1. The molecular weight excluding hydrogens is 856 g/mol. The van der Waals surface area contributed by atoms with Gasteiger partial charge in [-0.2, -0.15) is 0 Å². The molecule has 0 aliphatic heterocycles. The minimum absolute atomic E-state index is 0.0551. The van der Waals surface area contributed by atoms with Crippen molar-refractivity contribution in [2.24, 2.45) is 17.8 Å². The van der Waals surface area contributed by atoms with E-state index in [1.165, 1.54) is 10.4 Å². The van der Waals surface area contributed by atoms with Gasteiger partial charge in [0.2, 0.25) is 0 Å². The molecule has 0 bridgehead atoms. The number of hydrogen-bond acceptors (Lipinski definition) is 4. The number of carbonyl (C=O) groups is 1. The Kier molecular flexibility index (Phi) is 15.2. The van der Waals surface area contributed by atoms with E-state index < -0.39 is 40.8 Å². The summed E-state index contributed by atoms with van der Waals surface area (Å²) in [5, 5.41) is 14.6. The lowest BCUT2D eigenvalue weighted by Gasteiger charge is -2.47. The molecule has 1 N–H and O–H groups in total. The van der Waals surface area contributed by atoms with Crippen molar-refractivity contribution in [3.05, 3.63) is 181 Å². The van der Waals surface area contributed by atoms with Crippen LogP contribution in [0.3, 0.4) is 0 Å². The van der Waals surface area contributed by atoms with E-state index in [2.05, 4.69) is 181 Å². The summed E-state index contributed by atoms with van der Waals surface area (Å²) < 4.78 is 35.8. The first-order chi connectivity index (χ1) is 31.1. The fraction of sp³-hybridized carbons (Fsp3) is 0.351. The van der Waals surface area contributed by atoms with Crippen LogP contribution in [0.25, 0.3) is 10.1 Å². The first kappa shape index (κ1) is 48.2. The van der Waals surface area contributed by atoms with Crippen molar-refractivity contribution in [3.63, 3.8) is 0 Å². The van der Waals surface area contributed by atoms with Gasteiger partial charge in [-0.15, -0.1) is 11.3 Å². The maximum absolute atomic E-state index is 18.8. The van der Waals surface area contributed by atoms with Crippen molar-refractivity contribution in [2.45, 2.75) is 109 Å². The molecule has 3 unspecified atom stereocenters. The summed E-state index contributed by atoms with van der Waals surface area (Å²) in [5.41, 5.74) is 1.07. The van der Waals surface area contributed by atoms with Gasteiger partial charge in [-0.25, -0.2) is 4.39 Å². The fourth-order valence-electron chi connectivity index (χ4n) is 10.4. The summed E-state index contributed by atoms with van der Waals surface area (Å²) in [5.74, 6) is -1.48. The zero-order valence-corrected chi connectivity index (χ0v) is 42.1. The van der Waals surface area contributed by atoms with Gasteiger partial charge in [0.15, 0.2) is 0 Å². The highest BCUT2D eigenvalue weighted by Gasteiger charge is 2.56. The number of aliphatic carboxylic acids is 1. The fourth-order valence-corrected chi connectivity index (χ4v) is 21.0. The van der Waals surface area contributed by atoms with Crippen molar-refractivity contribution < 1.29 is 23.1 Å². The van der Waals surface area contributed by atoms with Crippen LogP contribution in [0.1, 0.15) is 91.6 Å². The number of fused-ring (bicyclic) bond motifs is 1. The number of hydrogen-bond donors (Lipinski definition) is 1. The number of halogens is 1. The predicted octanol–water partition coefficient (Wildman–Crippen LogP) is 12.8. The average molecular weight is 923 g/mol. The van der Waals surface area contributed by atoms with E-state index in [9.17, 15) is 9.90 Å². The van der Waals surface area contributed by atoms with Crippen LogP contribution >= 0.6 is 11.3 Å². The summed E-state index contributed by atoms with van der Waals surface area (Å²) in [6.45, 7) is 20.1. The van der Waals surface area contributed by atoms with Gasteiger partial charge >= 0.3 is 5.97 Å². The number of rotatable bonds is 18. The topological polar surface area (TPSA) is 55.8 Å². The van der Waals surface area contributed by atoms with Crippen molar-refractivity contribution in [2.75, 3.05) is 0 Å². The van der Waals surface area contributed by atoms with Crippen LogP contribution in [-0.2, 0) is 13.6 Å². The Labute approximate surface area is 393 Å². The van der Waals surface area contributed by atoms with Crippen LogP contribution < -0.4 is 20.7 Å². The smallest absolute Gasteiger partial charge is 0.306 e. The van der Waals surface area contributed by atoms with Crippen molar-refractivity contribution >= 4 is 64.8 Å². The third-order valence-corrected chi connectivity index (χ3v) is 25.0. The number of thiophene rings is 1. The van der Waals surface area contributed by atoms with Crippen LogP contribution in [0, 0.1) is 17.8 Å². The van der Waals surface area contributed by atoms with Crippen molar-refractivity contribution in [3.8, 4) is 0 Å². The molecule has 6 aromatic rings. The molecule has 1 saturated carbocycles. The molecule has 1 aliphatic rings. The van der Waals surface area contributed by atoms with E-state index in [4.69, 9.17) is 15.4 Å². The molecule has 0 spiro atoms. The predicted molar refractivity (Wildman–Crippen MR) is 276 cm³/mol. The molecule has 6 atom stereocenters. The monoisotopic (exact) mass is 922 g/mol. The minimum atomic E-state index is -3.24. The average Bonchev–Trinajstić information content (AvgIpc) is 3.85. The standard InChI is InChI=1S/C57H67FO4SSi2/c1-41(55(59)60)26-14-9-23-36-48-42(2)38-51(61-64(56(3,4)5,44-28-15-10-16-29-44)45-30-17-11-18-31-45)49(48)40-50(58)54(53-39-43-27-24-25-37-52(43)63-53)62-65(57(6,7)8,46-32-19-12-20-33-46)47-34-21-13-22-35-47/h9-13,15-25,27-35,37,39,41,48-51,54H,2,14,26,36,38,40H2,1,3-8H3,(H,59,60)/t41?,48-,49+,50?,51+,54?/m0/s1. The summed E-state index contributed by atoms with van der Waals surface area (Å²) in [6, 6.07) is 53.0. The van der Waals surface area contributed by atoms with E-state index in [0.29, 0.717) is 25.7 Å². The molecule has 1 fully saturated rings. The summed E-state index contributed by atoms with van der Waals surface area (Å²) in [7, 11) is -6.30. The van der Waals surface area contributed by atoms with Gasteiger partial charge in [0.1, 0.15) is 12.3 Å². The van der Waals surface area contributed by atoms with Gasteiger partial charge in [0, 0.05) is 9.58 Å². The van der Waals surface area contributed by atoms with E-state index >= 15 is 4.39 Å². The van der Waals surface area contributed by atoms with Crippen LogP contribution in [0.15, 0.2) is 176 Å². The Morgan fingerprint density at radius 2 is 1.23 bits per heavy atom. The number of benzene rings is 5. The van der Waals surface area contributed by atoms with E-state index in [0.717, 1.165) is 30.9 Å². The van der Waals surface area contributed by atoms with Gasteiger partial charge in [-0.05, 0) is 92.3 Å². The molecule has 7 rings (SSSR count). The van der Waals surface area contributed by atoms with Gasteiger partial charge < -0.3 is 14.0 Å². The van der Waals surface area contributed by atoms with Crippen LogP contribution in [0.2, 0.25) is 10.1 Å². The third kappa shape index (κ3) is 10.2. The number of carboxylic acid groups (broad SMARTS) is 1. The maximum Gasteiger partial charge on any atom is 0.306 e. The normalized spacial score (nSPS) is 18.8. The van der Waals surface area contributed by atoms with E-state index in [1.807, 2.05) is 24.3 Å². The zero-order valence-electron chi connectivity index (χ0n) is 39.3. The summed E-state index contributed by atoms with van der Waals surface area (Å²) in [6.07, 6.45) is 4.41. The lowest BCUT2D eigenvalue weighted by molar-refractivity contribution is -0.141. The minimum Gasteiger partial charge on any atom is -0.481 e. The number of carboxylic acids is 1. The first-order valence-electron chi connectivity index (χ1n) is 23.3. The van der Waals surface area contributed by atoms with Gasteiger partial charge in [-0.3, -0.25) is 4.79 Å². The van der Waals surface area contributed by atoms with E-state index in [1.54, 1.807) is 18.3 Å². The molecule has 65 heavy (non-hydrogen) atoms. The summed E-state index contributed by atoms with van der Waals surface area (Å²) in [4.78, 5) is 12.5. The molecule has 4 nitrogen and oxygen atoms in total. The molecular formula is C57H67FO4SSi2. The quantitative estimate of drug-likeness (QED) is 0.0689. The Balaban J connectivity index is 1.36. The van der Waals surface area contributed by atoms with Crippen molar-refractivity contribution in [1.82, 2.24) is 0 Å². The molecule has 0 radical (unpaired) electrons. The van der Waals surface area contributed by atoms with Gasteiger partial charge in [-0.1, -0.05) is 212 Å². The van der Waals surface area contributed by atoms with Gasteiger partial charge in [0.05, 0.1) is 12.0 Å². The first-order valence-corrected chi connectivity index (χ1v) is 28.0. The Morgan fingerprint density at radius 1 is 0.754 bits per heavy atom. The molecule has 1 aliphatic carbocycles. The molecule has 1 aromatic heterocycles. The molecule has 1 heterocycles. The maximum atomic E-state index is 18.8. The van der Waals surface area contributed by atoms with Crippen LogP contribution in [0.4, 0.5) is 4.39 Å². The van der Waals surface area contributed by atoms with Crippen molar-refractivity contribution in [1.29, 1.82) is 0 Å². The number of allylic oxidation sites excluding steroid dienone is 2. The highest BCUT2D eigenvalue weighted by Crippen LogP contribution is 2.50. The Morgan fingerprint density at radius 3 is 1.71 bits per heavy atom. The third-order valence-electron chi connectivity index (χ3n) is 13.7. The highest BCUT2D eigenvalue weighted by molar-refractivity contribution is 7.19.